The van der Waals surface area contributed by atoms with Crippen LogP contribution in [0.3, 0.4) is 0 Å². The monoisotopic (exact) mass is 558 g/mol. The van der Waals surface area contributed by atoms with E-state index in [1.54, 1.807) is 7.11 Å². The summed E-state index contributed by atoms with van der Waals surface area (Å²) in [6, 6.07) is 19.1. The van der Waals surface area contributed by atoms with Crippen LogP contribution in [-0.2, 0) is 4.74 Å². The highest BCUT2D eigenvalue weighted by Crippen LogP contribution is 2.34. The van der Waals surface area contributed by atoms with Gasteiger partial charge >= 0.3 is 0 Å². The second-order valence-corrected chi connectivity index (χ2v) is 10.6. The molecular weight excluding hydrogens is 520 g/mol. The van der Waals surface area contributed by atoms with Crippen molar-refractivity contribution in [3.8, 4) is 22.9 Å². The van der Waals surface area contributed by atoms with E-state index >= 15 is 0 Å². The third-order valence-electron chi connectivity index (χ3n) is 6.04. The Bertz CT molecular complexity index is 1490. The molecule has 216 valence electrons. The molecule has 0 amide bonds. The first-order chi connectivity index (χ1) is 19.7. The SMILES string of the molecule is C=NNc1ccc(Nc2nc(-c3ccccc3OCC(O)NC(C)(C)C)nc3ccc(OCCOC)cc23)cc1C. The number of aryl methyl sites for hydroxylation is 1. The molecule has 10 nitrogen and oxygen atoms in total. The highest BCUT2D eigenvalue weighted by molar-refractivity contribution is 5.93. The number of aliphatic hydroxyl groups is 1. The summed E-state index contributed by atoms with van der Waals surface area (Å²) in [5.41, 5.74) is 6.76. The van der Waals surface area contributed by atoms with Gasteiger partial charge in [-0.05, 0) is 81.8 Å². The average Bonchev–Trinajstić information content (AvgIpc) is 2.93. The first kappa shape index (κ1) is 29.7. The van der Waals surface area contributed by atoms with Crippen molar-refractivity contribution in [2.45, 2.75) is 39.5 Å². The van der Waals surface area contributed by atoms with Gasteiger partial charge in [0.1, 0.15) is 36.8 Å². The number of hydrogen-bond donors (Lipinski definition) is 4. The van der Waals surface area contributed by atoms with Crippen LogP contribution in [0.1, 0.15) is 26.3 Å². The Balaban J connectivity index is 1.73. The van der Waals surface area contributed by atoms with Crippen LogP contribution in [0.15, 0.2) is 65.8 Å². The van der Waals surface area contributed by atoms with Crippen molar-refractivity contribution in [2.75, 3.05) is 37.7 Å². The Labute approximate surface area is 240 Å². The zero-order valence-corrected chi connectivity index (χ0v) is 24.2. The lowest BCUT2D eigenvalue weighted by atomic mass is 10.1. The molecule has 4 N–H and O–H groups in total. The number of rotatable bonds is 13. The molecule has 0 spiro atoms. The number of aliphatic hydroxyl groups excluding tert-OH is 1. The second-order valence-electron chi connectivity index (χ2n) is 10.6. The lowest BCUT2D eigenvalue weighted by molar-refractivity contribution is 0.0573. The number of nitrogens with one attached hydrogen (secondary N) is 3. The highest BCUT2D eigenvalue weighted by Gasteiger charge is 2.18. The summed E-state index contributed by atoms with van der Waals surface area (Å²) in [5, 5.41) is 21.5. The summed E-state index contributed by atoms with van der Waals surface area (Å²) < 4.78 is 17.0. The molecule has 4 rings (SSSR count). The van der Waals surface area contributed by atoms with Crippen LogP contribution in [0.5, 0.6) is 11.5 Å². The fraction of sp³-hybridized carbons (Fsp3) is 0.323. The lowest BCUT2D eigenvalue weighted by Crippen LogP contribution is -2.46. The van der Waals surface area contributed by atoms with Gasteiger partial charge in [-0.25, -0.2) is 9.97 Å². The highest BCUT2D eigenvalue weighted by atomic mass is 16.5. The van der Waals surface area contributed by atoms with Crippen LogP contribution < -0.4 is 25.5 Å². The van der Waals surface area contributed by atoms with E-state index < -0.39 is 6.23 Å². The van der Waals surface area contributed by atoms with Crippen molar-refractivity contribution in [3.05, 3.63) is 66.2 Å². The molecule has 0 aliphatic carbocycles. The molecule has 1 heterocycles. The summed E-state index contributed by atoms with van der Waals surface area (Å²) in [6.07, 6.45) is -0.841. The molecule has 0 saturated carbocycles. The van der Waals surface area contributed by atoms with Crippen molar-refractivity contribution >= 4 is 34.8 Å². The number of nitrogens with zero attached hydrogens (tertiary/aromatic N) is 3. The van der Waals surface area contributed by atoms with E-state index in [2.05, 4.69) is 27.9 Å². The summed E-state index contributed by atoms with van der Waals surface area (Å²) >= 11 is 0. The summed E-state index contributed by atoms with van der Waals surface area (Å²) in [5.74, 6) is 2.34. The van der Waals surface area contributed by atoms with E-state index in [9.17, 15) is 5.11 Å². The standard InChI is InChI=1S/C31H38N6O4/c1-20-17-21(11-13-25(20)37-32-5)33-30-24-18-22(40-16-15-39-6)12-14-26(24)34-29(35-30)23-9-7-8-10-27(23)41-19-28(38)36-31(2,3)4/h7-14,17-18,28,36-38H,5,15-16,19H2,1-4,6H3,(H,33,34,35). The average molecular weight is 559 g/mol. The minimum absolute atomic E-state index is 0.0639. The van der Waals surface area contributed by atoms with Crippen LogP contribution in [0, 0.1) is 6.92 Å². The number of anilines is 3. The molecule has 3 aromatic carbocycles. The van der Waals surface area contributed by atoms with Crippen LogP contribution >= 0.6 is 0 Å². The maximum absolute atomic E-state index is 10.4. The molecule has 0 bridgehead atoms. The number of hydrogen-bond acceptors (Lipinski definition) is 10. The van der Waals surface area contributed by atoms with E-state index in [0.29, 0.717) is 41.9 Å². The molecule has 1 atom stereocenters. The van der Waals surface area contributed by atoms with Crippen LogP contribution in [0.25, 0.3) is 22.3 Å². The van der Waals surface area contributed by atoms with Gasteiger partial charge in [-0.2, -0.15) is 5.10 Å². The van der Waals surface area contributed by atoms with Gasteiger partial charge in [0.25, 0.3) is 0 Å². The molecular formula is C31H38N6O4. The molecule has 41 heavy (non-hydrogen) atoms. The molecule has 1 aromatic heterocycles. The Morgan fingerprint density at radius 2 is 1.80 bits per heavy atom. The van der Waals surface area contributed by atoms with Crippen molar-refractivity contribution in [1.82, 2.24) is 15.3 Å². The van der Waals surface area contributed by atoms with Crippen molar-refractivity contribution < 1.29 is 19.3 Å². The van der Waals surface area contributed by atoms with Crippen LogP contribution in [0.4, 0.5) is 17.2 Å². The fourth-order valence-electron chi connectivity index (χ4n) is 4.23. The van der Waals surface area contributed by atoms with Gasteiger partial charge < -0.3 is 24.6 Å². The molecule has 0 radical (unpaired) electrons. The zero-order chi connectivity index (χ0) is 29.4. The third-order valence-corrected chi connectivity index (χ3v) is 6.04. The first-order valence-corrected chi connectivity index (χ1v) is 13.4. The van der Waals surface area contributed by atoms with Crippen molar-refractivity contribution in [2.24, 2.45) is 5.10 Å². The number of benzene rings is 3. The Morgan fingerprint density at radius 3 is 2.54 bits per heavy atom. The number of ether oxygens (including phenoxy) is 3. The lowest BCUT2D eigenvalue weighted by Gasteiger charge is -2.25. The number of aromatic nitrogens is 2. The zero-order valence-electron chi connectivity index (χ0n) is 24.2. The van der Waals surface area contributed by atoms with E-state index in [1.807, 2.05) is 88.4 Å². The van der Waals surface area contributed by atoms with E-state index in [0.717, 1.165) is 27.8 Å². The molecule has 0 aliphatic rings. The van der Waals surface area contributed by atoms with Crippen LogP contribution in [0.2, 0.25) is 0 Å². The van der Waals surface area contributed by atoms with Gasteiger partial charge in [0, 0.05) is 30.4 Å². The van der Waals surface area contributed by atoms with E-state index in [1.165, 1.54) is 0 Å². The maximum atomic E-state index is 10.4. The van der Waals surface area contributed by atoms with Gasteiger partial charge in [0.15, 0.2) is 5.82 Å². The minimum Gasteiger partial charge on any atom is -0.491 e. The van der Waals surface area contributed by atoms with Gasteiger partial charge in [0.2, 0.25) is 0 Å². The summed E-state index contributed by atoms with van der Waals surface area (Å²) in [6.45, 7) is 12.4. The summed E-state index contributed by atoms with van der Waals surface area (Å²) in [7, 11) is 1.64. The Hall–Kier alpha value is -4.25. The Morgan fingerprint density at radius 1 is 1.00 bits per heavy atom. The number of para-hydroxylation sites is 1. The summed E-state index contributed by atoms with van der Waals surface area (Å²) in [4.78, 5) is 9.80. The second kappa shape index (κ2) is 13.4. The topological polar surface area (TPSA) is 122 Å². The fourth-order valence-corrected chi connectivity index (χ4v) is 4.23. The van der Waals surface area contributed by atoms with Gasteiger partial charge in [-0.1, -0.05) is 12.1 Å². The van der Waals surface area contributed by atoms with Crippen molar-refractivity contribution in [1.29, 1.82) is 0 Å². The largest absolute Gasteiger partial charge is 0.491 e. The van der Waals surface area contributed by atoms with Gasteiger partial charge in [0.05, 0.1) is 23.4 Å². The predicted molar refractivity (Wildman–Crippen MR) is 164 cm³/mol. The first-order valence-electron chi connectivity index (χ1n) is 13.4. The third kappa shape index (κ3) is 8.14. The van der Waals surface area contributed by atoms with E-state index in [4.69, 9.17) is 24.2 Å². The molecule has 0 saturated heterocycles. The predicted octanol–water partition coefficient (Wildman–Crippen LogP) is 5.49. The normalized spacial score (nSPS) is 12.1. The number of hydrazone groups is 1. The smallest absolute Gasteiger partial charge is 0.165 e. The van der Waals surface area contributed by atoms with Gasteiger partial charge in [-0.15, -0.1) is 0 Å². The van der Waals surface area contributed by atoms with Crippen LogP contribution in [-0.4, -0.2) is 60.5 Å². The number of fused-ring (bicyclic) bond motifs is 1. The maximum Gasteiger partial charge on any atom is 0.165 e. The molecule has 4 aromatic rings. The Kier molecular flexibility index (Phi) is 9.72. The van der Waals surface area contributed by atoms with E-state index in [-0.39, 0.29) is 12.1 Å². The molecule has 0 aliphatic heterocycles. The quantitative estimate of drug-likeness (QED) is 0.0730. The molecule has 1 unspecified atom stereocenters. The minimum atomic E-state index is -0.841. The van der Waals surface area contributed by atoms with Crippen molar-refractivity contribution in [3.63, 3.8) is 0 Å². The van der Waals surface area contributed by atoms with Gasteiger partial charge in [-0.3, -0.25) is 10.7 Å². The molecule has 10 heteroatoms. The number of methoxy groups -OCH3 is 1. The molecule has 0 fully saturated rings.